The zero-order valence-electron chi connectivity index (χ0n) is 11.9. The second-order valence-electron chi connectivity index (χ2n) is 4.85. The minimum Gasteiger partial charge on any atom is -0.478 e. The maximum atomic E-state index is 11.2. The zero-order valence-corrected chi connectivity index (χ0v) is 12.7. The Bertz CT molecular complexity index is 869. The number of hydrogen-bond donors (Lipinski definition) is 1. The molecule has 0 amide bonds. The molecule has 0 saturated heterocycles. The molecule has 23 heavy (non-hydrogen) atoms. The fraction of sp³-hybridized carbons (Fsp3) is 0. The van der Waals surface area contributed by atoms with E-state index in [1.54, 1.807) is 30.4 Å². The molecule has 1 heterocycles. The van der Waals surface area contributed by atoms with E-state index >= 15 is 0 Å². The van der Waals surface area contributed by atoms with Crippen molar-refractivity contribution in [1.82, 2.24) is 5.16 Å². The van der Waals surface area contributed by atoms with Gasteiger partial charge in [0, 0.05) is 16.7 Å². The predicted octanol–water partition coefficient (Wildman–Crippen LogP) is 4.86. The lowest BCUT2D eigenvalue weighted by atomic mass is 10.1. The van der Waals surface area contributed by atoms with Gasteiger partial charge in [-0.05, 0) is 23.8 Å². The Morgan fingerprint density at radius 2 is 1.87 bits per heavy atom. The van der Waals surface area contributed by atoms with Crippen LogP contribution in [0, 0.1) is 0 Å². The first-order valence-electron chi connectivity index (χ1n) is 6.86. The van der Waals surface area contributed by atoms with E-state index in [0.717, 1.165) is 5.56 Å². The van der Waals surface area contributed by atoms with Crippen LogP contribution in [0.15, 0.2) is 59.1 Å². The highest BCUT2D eigenvalue weighted by atomic mass is 35.5. The van der Waals surface area contributed by atoms with Crippen molar-refractivity contribution in [2.45, 2.75) is 0 Å². The van der Waals surface area contributed by atoms with Crippen LogP contribution >= 0.6 is 11.6 Å². The van der Waals surface area contributed by atoms with Gasteiger partial charge >= 0.3 is 5.97 Å². The van der Waals surface area contributed by atoms with Gasteiger partial charge in [-0.3, -0.25) is 0 Å². The van der Waals surface area contributed by atoms with Gasteiger partial charge in [-0.25, -0.2) is 4.79 Å². The lowest BCUT2D eigenvalue weighted by Gasteiger charge is -2.01. The van der Waals surface area contributed by atoms with Crippen molar-refractivity contribution >= 4 is 29.7 Å². The minimum atomic E-state index is -1.03. The van der Waals surface area contributed by atoms with Gasteiger partial charge in [0.2, 0.25) is 0 Å². The van der Waals surface area contributed by atoms with Crippen molar-refractivity contribution < 1.29 is 14.4 Å². The fourth-order valence-electron chi connectivity index (χ4n) is 2.14. The van der Waals surface area contributed by atoms with E-state index in [2.05, 4.69) is 5.16 Å². The van der Waals surface area contributed by atoms with Crippen LogP contribution in [-0.4, -0.2) is 16.2 Å². The quantitative estimate of drug-likeness (QED) is 0.743. The van der Waals surface area contributed by atoms with Gasteiger partial charge in [0.05, 0.1) is 5.56 Å². The topological polar surface area (TPSA) is 63.3 Å². The molecular weight excluding hydrogens is 314 g/mol. The zero-order chi connectivity index (χ0) is 16.2. The molecule has 1 aromatic heterocycles. The van der Waals surface area contributed by atoms with Crippen LogP contribution in [0.1, 0.15) is 21.6 Å². The monoisotopic (exact) mass is 325 g/mol. The Hall–Kier alpha value is -2.85. The molecule has 0 atom stereocenters. The highest BCUT2D eigenvalue weighted by Crippen LogP contribution is 2.22. The lowest BCUT2D eigenvalue weighted by molar-refractivity contribution is 0.0696. The standard InChI is InChI=1S/C18H12ClNO3/c19-14-8-6-12(16(10-14)18(21)22)7-9-15-11-17(23-20-15)13-4-2-1-3-5-13/h1-11H,(H,21,22). The minimum absolute atomic E-state index is 0.139. The number of carboxylic acid groups (broad SMARTS) is 1. The second-order valence-corrected chi connectivity index (χ2v) is 5.29. The van der Waals surface area contributed by atoms with E-state index in [1.807, 2.05) is 30.3 Å². The van der Waals surface area contributed by atoms with Crippen LogP contribution in [0.4, 0.5) is 0 Å². The second kappa shape index (κ2) is 6.50. The summed E-state index contributed by atoms with van der Waals surface area (Å²) in [6, 6.07) is 16.1. The largest absolute Gasteiger partial charge is 0.478 e. The third kappa shape index (κ3) is 3.49. The van der Waals surface area contributed by atoms with Crippen molar-refractivity contribution in [1.29, 1.82) is 0 Å². The number of aromatic carboxylic acids is 1. The number of hydrogen-bond acceptors (Lipinski definition) is 3. The molecule has 0 fully saturated rings. The van der Waals surface area contributed by atoms with Crippen LogP contribution in [0.25, 0.3) is 23.5 Å². The number of halogens is 1. The van der Waals surface area contributed by atoms with Gasteiger partial charge in [-0.1, -0.05) is 59.2 Å². The number of carboxylic acids is 1. The molecule has 0 bridgehead atoms. The summed E-state index contributed by atoms with van der Waals surface area (Å²) in [6.45, 7) is 0. The maximum absolute atomic E-state index is 11.2. The van der Waals surface area contributed by atoms with Crippen molar-refractivity contribution in [3.05, 3.63) is 76.4 Å². The van der Waals surface area contributed by atoms with E-state index < -0.39 is 5.97 Å². The summed E-state index contributed by atoms with van der Waals surface area (Å²) in [5.41, 5.74) is 2.22. The summed E-state index contributed by atoms with van der Waals surface area (Å²) >= 11 is 5.83. The van der Waals surface area contributed by atoms with E-state index in [1.165, 1.54) is 6.07 Å². The molecule has 0 aliphatic heterocycles. The first kappa shape index (κ1) is 15.1. The number of nitrogens with zero attached hydrogens (tertiary/aromatic N) is 1. The molecular formula is C18H12ClNO3. The Morgan fingerprint density at radius 1 is 1.09 bits per heavy atom. The molecule has 3 rings (SSSR count). The highest BCUT2D eigenvalue weighted by molar-refractivity contribution is 6.31. The van der Waals surface area contributed by atoms with Crippen molar-refractivity contribution in [3.63, 3.8) is 0 Å². The summed E-state index contributed by atoms with van der Waals surface area (Å²) in [6.07, 6.45) is 3.37. The maximum Gasteiger partial charge on any atom is 0.336 e. The molecule has 5 heteroatoms. The number of rotatable bonds is 4. The summed E-state index contributed by atoms with van der Waals surface area (Å²) in [5.74, 6) is -0.378. The van der Waals surface area contributed by atoms with Crippen LogP contribution in [0.5, 0.6) is 0 Å². The van der Waals surface area contributed by atoms with Crippen LogP contribution in [-0.2, 0) is 0 Å². The third-order valence-corrected chi connectivity index (χ3v) is 3.50. The highest BCUT2D eigenvalue weighted by Gasteiger charge is 2.09. The molecule has 4 nitrogen and oxygen atoms in total. The number of benzene rings is 2. The molecule has 0 saturated carbocycles. The smallest absolute Gasteiger partial charge is 0.336 e. The fourth-order valence-corrected chi connectivity index (χ4v) is 2.31. The number of aromatic nitrogens is 1. The Morgan fingerprint density at radius 3 is 2.61 bits per heavy atom. The molecule has 2 aromatic carbocycles. The van der Waals surface area contributed by atoms with Gasteiger partial charge in [-0.15, -0.1) is 0 Å². The average Bonchev–Trinajstić information content (AvgIpc) is 3.03. The first-order valence-corrected chi connectivity index (χ1v) is 7.24. The van der Waals surface area contributed by atoms with Gasteiger partial charge in [0.15, 0.2) is 5.76 Å². The van der Waals surface area contributed by atoms with Crippen LogP contribution in [0.3, 0.4) is 0 Å². The Labute approximate surface area is 137 Å². The molecule has 1 N–H and O–H groups in total. The van der Waals surface area contributed by atoms with Crippen molar-refractivity contribution in [3.8, 4) is 11.3 Å². The van der Waals surface area contributed by atoms with Gasteiger partial charge < -0.3 is 9.63 Å². The molecule has 114 valence electrons. The molecule has 0 aliphatic rings. The van der Waals surface area contributed by atoms with Crippen molar-refractivity contribution in [2.75, 3.05) is 0 Å². The molecule has 0 aliphatic carbocycles. The summed E-state index contributed by atoms with van der Waals surface area (Å²) < 4.78 is 5.30. The average molecular weight is 326 g/mol. The van der Waals surface area contributed by atoms with E-state index in [-0.39, 0.29) is 5.56 Å². The van der Waals surface area contributed by atoms with Crippen molar-refractivity contribution in [2.24, 2.45) is 0 Å². The molecule has 0 spiro atoms. The lowest BCUT2D eigenvalue weighted by Crippen LogP contribution is -1.99. The van der Waals surface area contributed by atoms with E-state index in [4.69, 9.17) is 16.1 Å². The third-order valence-electron chi connectivity index (χ3n) is 3.27. The normalized spacial score (nSPS) is 11.0. The molecule has 3 aromatic rings. The predicted molar refractivity (Wildman–Crippen MR) is 89.3 cm³/mol. The van der Waals surface area contributed by atoms with Gasteiger partial charge in [-0.2, -0.15) is 0 Å². The summed E-state index contributed by atoms with van der Waals surface area (Å²) in [4.78, 5) is 11.2. The van der Waals surface area contributed by atoms with Gasteiger partial charge in [0.1, 0.15) is 5.69 Å². The van der Waals surface area contributed by atoms with Gasteiger partial charge in [0.25, 0.3) is 0 Å². The summed E-state index contributed by atoms with van der Waals surface area (Å²) in [7, 11) is 0. The number of carbonyl (C=O) groups is 1. The van der Waals surface area contributed by atoms with Crippen LogP contribution in [0.2, 0.25) is 5.02 Å². The van der Waals surface area contributed by atoms with E-state index in [0.29, 0.717) is 22.0 Å². The molecule has 0 radical (unpaired) electrons. The van der Waals surface area contributed by atoms with Crippen LogP contribution < -0.4 is 0 Å². The summed E-state index contributed by atoms with van der Waals surface area (Å²) in [5, 5.41) is 13.6. The first-order chi connectivity index (χ1) is 11.1. The Kier molecular flexibility index (Phi) is 4.26. The Balaban J connectivity index is 1.87. The SMILES string of the molecule is O=C(O)c1cc(Cl)ccc1C=Cc1cc(-c2ccccc2)on1. The van der Waals surface area contributed by atoms with E-state index in [9.17, 15) is 9.90 Å². The molecule has 0 unspecified atom stereocenters.